The molecular weight excluding hydrogens is 222 g/mol. The van der Waals surface area contributed by atoms with Crippen LogP contribution in [0, 0.1) is 0 Å². The molecule has 0 saturated heterocycles. The molecule has 0 atom stereocenters. The number of nitrogens with zero attached hydrogens (tertiary/aromatic N) is 1. The lowest BCUT2D eigenvalue weighted by molar-refractivity contribution is 0.0813. The quantitative estimate of drug-likeness (QED) is 0.874. The monoisotopic (exact) mass is 243 g/mol. The highest BCUT2D eigenvalue weighted by atomic mass is 16.3. The Kier molecular flexibility index (Phi) is 2.70. The molecule has 0 aliphatic heterocycles. The Morgan fingerprint density at radius 2 is 2.06 bits per heavy atom. The number of aromatic nitrogens is 1. The standard InChI is InChI=1S/C16H21NO/c1-16(2,18)11-12-5-3-8-15-14(12)9-10-17(15)13-6-4-7-13/h3,5,8-10,13,18H,4,6-7,11H2,1-2H3. The van der Waals surface area contributed by atoms with Crippen molar-refractivity contribution in [3.05, 3.63) is 36.0 Å². The molecule has 2 aromatic rings. The first kappa shape index (κ1) is 11.8. The van der Waals surface area contributed by atoms with E-state index in [9.17, 15) is 5.11 Å². The fraction of sp³-hybridized carbons (Fsp3) is 0.500. The third-order valence-electron chi connectivity index (χ3n) is 3.94. The van der Waals surface area contributed by atoms with E-state index in [2.05, 4.69) is 35.0 Å². The first-order chi connectivity index (χ1) is 8.54. The second-order valence-electron chi connectivity index (χ2n) is 6.15. The van der Waals surface area contributed by atoms with Crippen molar-refractivity contribution in [2.45, 2.75) is 51.2 Å². The molecule has 0 bridgehead atoms. The van der Waals surface area contributed by atoms with Crippen molar-refractivity contribution in [2.75, 3.05) is 0 Å². The lowest BCUT2D eigenvalue weighted by Crippen LogP contribution is -2.22. The minimum atomic E-state index is -0.646. The average molecular weight is 243 g/mol. The van der Waals surface area contributed by atoms with Crippen molar-refractivity contribution < 1.29 is 5.11 Å². The van der Waals surface area contributed by atoms with Gasteiger partial charge in [0.05, 0.1) is 5.60 Å². The van der Waals surface area contributed by atoms with Crippen LogP contribution in [0.5, 0.6) is 0 Å². The van der Waals surface area contributed by atoms with Crippen LogP contribution in [0.15, 0.2) is 30.5 Å². The van der Waals surface area contributed by atoms with Gasteiger partial charge in [-0.1, -0.05) is 12.1 Å². The minimum absolute atomic E-state index is 0.646. The van der Waals surface area contributed by atoms with Crippen molar-refractivity contribution in [2.24, 2.45) is 0 Å². The molecule has 3 rings (SSSR count). The van der Waals surface area contributed by atoms with Crippen LogP contribution >= 0.6 is 0 Å². The second-order valence-corrected chi connectivity index (χ2v) is 6.15. The van der Waals surface area contributed by atoms with Crippen LogP contribution in [0.2, 0.25) is 0 Å². The molecule has 1 saturated carbocycles. The lowest BCUT2D eigenvalue weighted by atomic mass is 9.92. The SMILES string of the molecule is CC(C)(O)Cc1cccc2c1ccn2C1CCC1. The zero-order valence-electron chi connectivity index (χ0n) is 11.2. The van der Waals surface area contributed by atoms with Gasteiger partial charge < -0.3 is 9.67 Å². The molecule has 0 radical (unpaired) electrons. The molecule has 2 nitrogen and oxygen atoms in total. The van der Waals surface area contributed by atoms with E-state index in [4.69, 9.17) is 0 Å². The summed E-state index contributed by atoms with van der Waals surface area (Å²) in [5.41, 5.74) is 1.92. The van der Waals surface area contributed by atoms with Crippen LogP contribution in [-0.2, 0) is 6.42 Å². The van der Waals surface area contributed by atoms with Crippen LogP contribution in [0.1, 0.15) is 44.7 Å². The lowest BCUT2D eigenvalue weighted by Gasteiger charge is -2.28. The van der Waals surface area contributed by atoms with Gasteiger partial charge in [-0.15, -0.1) is 0 Å². The van der Waals surface area contributed by atoms with Gasteiger partial charge >= 0.3 is 0 Å². The van der Waals surface area contributed by atoms with Crippen molar-refractivity contribution in [1.82, 2.24) is 4.57 Å². The third kappa shape index (κ3) is 2.05. The first-order valence-corrected chi connectivity index (χ1v) is 6.85. The Morgan fingerprint density at radius 3 is 2.67 bits per heavy atom. The number of hydrogen-bond donors (Lipinski definition) is 1. The Labute approximate surface area is 108 Å². The maximum Gasteiger partial charge on any atom is 0.0632 e. The van der Waals surface area contributed by atoms with Gasteiger partial charge in [0.1, 0.15) is 0 Å². The van der Waals surface area contributed by atoms with Gasteiger partial charge in [-0.05, 0) is 50.8 Å². The van der Waals surface area contributed by atoms with Crippen LogP contribution in [0.3, 0.4) is 0 Å². The van der Waals surface area contributed by atoms with Crippen molar-refractivity contribution in [3.63, 3.8) is 0 Å². The average Bonchev–Trinajstić information content (AvgIpc) is 2.58. The molecule has 1 aromatic carbocycles. The van der Waals surface area contributed by atoms with E-state index in [1.165, 1.54) is 35.7 Å². The zero-order chi connectivity index (χ0) is 12.8. The molecule has 1 heterocycles. The van der Waals surface area contributed by atoms with E-state index in [0.29, 0.717) is 12.5 Å². The summed E-state index contributed by atoms with van der Waals surface area (Å²) in [5, 5.41) is 11.3. The number of fused-ring (bicyclic) bond motifs is 1. The first-order valence-electron chi connectivity index (χ1n) is 6.85. The Balaban J connectivity index is 2.03. The molecule has 96 valence electrons. The van der Waals surface area contributed by atoms with E-state index < -0.39 is 5.60 Å². The largest absolute Gasteiger partial charge is 0.390 e. The summed E-state index contributed by atoms with van der Waals surface area (Å²) in [6.07, 6.45) is 6.88. The van der Waals surface area contributed by atoms with E-state index in [-0.39, 0.29) is 0 Å². The van der Waals surface area contributed by atoms with E-state index >= 15 is 0 Å². The molecule has 1 aromatic heterocycles. The predicted octanol–water partition coefficient (Wildman–Crippen LogP) is 3.68. The molecule has 2 heteroatoms. The normalized spacial score (nSPS) is 17.1. The number of rotatable bonds is 3. The highest BCUT2D eigenvalue weighted by molar-refractivity contribution is 5.84. The van der Waals surface area contributed by atoms with E-state index in [1.807, 2.05) is 13.8 Å². The summed E-state index contributed by atoms with van der Waals surface area (Å²) in [6.45, 7) is 3.74. The summed E-state index contributed by atoms with van der Waals surface area (Å²) >= 11 is 0. The van der Waals surface area contributed by atoms with Gasteiger partial charge in [0.15, 0.2) is 0 Å². The molecule has 0 spiro atoms. The summed E-state index contributed by atoms with van der Waals surface area (Å²) < 4.78 is 2.41. The third-order valence-corrected chi connectivity index (χ3v) is 3.94. The van der Waals surface area contributed by atoms with Gasteiger partial charge in [0.25, 0.3) is 0 Å². The number of hydrogen-bond acceptors (Lipinski definition) is 1. The van der Waals surface area contributed by atoms with Gasteiger partial charge in [-0.3, -0.25) is 0 Å². The van der Waals surface area contributed by atoms with Crippen LogP contribution in [0.4, 0.5) is 0 Å². The maximum absolute atomic E-state index is 10.00. The molecular formula is C16H21NO. The molecule has 18 heavy (non-hydrogen) atoms. The highest BCUT2D eigenvalue weighted by Crippen LogP contribution is 2.35. The van der Waals surface area contributed by atoms with Gasteiger partial charge in [0.2, 0.25) is 0 Å². The summed E-state index contributed by atoms with van der Waals surface area (Å²) in [6, 6.07) is 9.33. The Morgan fingerprint density at radius 1 is 1.28 bits per heavy atom. The summed E-state index contributed by atoms with van der Waals surface area (Å²) in [4.78, 5) is 0. The van der Waals surface area contributed by atoms with E-state index in [0.717, 1.165) is 0 Å². The highest BCUT2D eigenvalue weighted by Gasteiger charge is 2.21. The second kappa shape index (κ2) is 4.13. The molecule has 1 N–H and O–H groups in total. The van der Waals surface area contributed by atoms with Crippen LogP contribution < -0.4 is 0 Å². The van der Waals surface area contributed by atoms with Crippen molar-refractivity contribution in [3.8, 4) is 0 Å². The minimum Gasteiger partial charge on any atom is -0.390 e. The number of benzene rings is 1. The molecule has 1 fully saturated rings. The van der Waals surface area contributed by atoms with Gasteiger partial charge in [-0.25, -0.2) is 0 Å². The Bertz CT molecular complexity index is 558. The smallest absolute Gasteiger partial charge is 0.0632 e. The predicted molar refractivity (Wildman–Crippen MR) is 74.8 cm³/mol. The zero-order valence-corrected chi connectivity index (χ0v) is 11.2. The fourth-order valence-corrected chi connectivity index (χ4v) is 2.86. The molecule has 0 amide bonds. The molecule has 1 aliphatic rings. The topological polar surface area (TPSA) is 25.2 Å². The molecule has 0 unspecified atom stereocenters. The summed E-state index contributed by atoms with van der Waals surface area (Å²) in [7, 11) is 0. The van der Waals surface area contributed by atoms with Gasteiger partial charge in [0, 0.05) is 29.6 Å². The number of aliphatic hydroxyl groups is 1. The summed E-state index contributed by atoms with van der Waals surface area (Å²) in [5.74, 6) is 0. The van der Waals surface area contributed by atoms with Crippen molar-refractivity contribution in [1.29, 1.82) is 0 Å². The van der Waals surface area contributed by atoms with Gasteiger partial charge in [-0.2, -0.15) is 0 Å². The van der Waals surface area contributed by atoms with E-state index in [1.54, 1.807) is 0 Å². The fourth-order valence-electron chi connectivity index (χ4n) is 2.86. The van der Waals surface area contributed by atoms with Crippen LogP contribution in [-0.4, -0.2) is 15.3 Å². The van der Waals surface area contributed by atoms with Crippen molar-refractivity contribution >= 4 is 10.9 Å². The Hall–Kier alpha value is -1.28. The van der Waals surface area contributed by atoms with Crippen LogP contribution in [0.25, 0.3) is 10.9 Å². The maximum atomic E-state index is 10.00. The molecule has 1 aliphatic carbocycles.